The van der Waals surface area contributed by atoms with Crippen molar-refractivity contribution in [1.82, 2.24) is 15.1 Å². The summed E-state index contributed by atoms with van der Waals surface area (Å²) >= 11 is 11.9. The number of benzene rings is 2. The summed E-state index contributed by atoms with van der Waals surface area (Å²) in [7, 11) is 3.38. The van der Waals surface area contributed by atoms with Crippen molar-refractivity contribution in [1.29, 1.82) is 0 Å². The number of fused-ring (bicyclic) bond motifs is 1. The lowest BCUT2D eigenvalue weighted by Crippen LogP contribution is -2.39. The summed E-state index contributed by atoms with van der Waals surface area (Å²) in [6, 6.07) is 9.99. The van der Waals surface area contributed by atoms with Crippen molar-refractivity contribution in [2.24, 2.45) is 0 Å². The molecular weight excluding hydrogens is 389 g/mol. The van der Waals surface area contributed by atoms with Gasteiger partial charge in [0.25, 0.3) is 17.7 Å². The SMILES string of the molecule is CNC(=O)c1ccc(CN(C)CN2C(=O)c3cc(Cl)c(Cl)cc3C2=O)cc1. The lowest BCUT2D eigenvalue weighted by atomic mass is 10.1. The Labute approximate surface area is 166 Å². The lowest BCUT2D eigenvalue weighted by molar-refractivity contribution is 0.0559. The predicted molar refractivity (Wildman–Crippen MR) is 103 cm³/mol. The number of rotatable bonds is 5. The molecule has 8 heteroatoms. The van der Waals surface area contributed by atoms with E-state index in [0.29, 0.717) is 12.1 Å². The zero-order valence-corrected chi connectivity index (χ0v) is 16.3. The maximum absolute atomic E-state index is 12.5. The van der Waals surface area contributed by atoms with Gasteiger partial charge in [-0.05, 0) is 36.9 Å². The summed E-state index contributed by atoms with van der Waals surface area (Å²) in [5.74, 6) is -0.941. The van der Waals surface area contributed by atoms with Gasteiger partial charge in [0, 0.05) is 19.2 Å². The maximum atomic E-state index is 12.5. The molecule has 2 aromatic rings. The molecule has 3 amide bonds. The number of imide groups is 1. The Kier molecular flexibility index (Phi) is 5.51. The molecule has 0 radical (unpaired) electrons. The molecule has 3 rings (SSSR count). The first-order valence-corrected chi connectivity index (χ1v) is 8.92. The monoisotopic (exact) mass is 405 g/mol. The van der Waals surface area contributed by atoms with E-state index in [1.165, 1.54) is 12.1 Å². The van der Waals surface area contributed by atoms with E-state index in [4.69, 9.17) is 23.2 Å². The fraction of sp³-hybridized carbons (Fsp3) is 0.211. The summed E-state index contributed by atoms with van der Waals surface area (Å²) < 4.78 is 0. The molecule has 6 nitrogen and oxygen atoms in total. The van der Waals surface area contributed by atoms with Crippen molar-refractivity contribution in [2.75, 3.05) is 20.8 Å². The van der Waals surface area contributed by atoms with Crippen LogP contribution in [0, 0.1) is 0 Å². The molecule has 1 N–H and O–H groups in total. The Bertz CT molecular complexity index is 888. The van der Waals surface area contributed by atoms with Crippen LogP contribution in [0.5, 0.6) is 0 Å². The second-order valence-electron chi connectivity index (χ2n) is 6.28. The molecule has 0 unspecified atom stereocenters. The van der Waals surface area contributed by atoms with Gasteiger partial charge in [-0.25, -0.2) is 0 Å². The van der Waals surface area contributed by atoms with Crippen LogP contribution in [-0.2, 0) is 6.54 Å². The van der Waals surface area contributed by atoms with E-state index in [0.717, 1.165) is 10.5 Å². The van der Waals surface area contributed by atoms with Gasteiger partial charge in [0.2, 0.25) is 0 Å². The molecule has 1 aliphatic rings. The third-order valence-electron chi connectivity index (χ3n) is 4.29. The molecule has 2 aromatic carbocycles. The molecule has 140 valence electrons. The minimum Gasteiger partial charge on any atom is -0.355 e. The highest BCUT2D eigenvalue weighted by atomic mass is 35.5. The van der Waals surface area contributed by atoms with Gasteiger partial charge in [-0.2, -0.15) is 0 Å². The van der Waals surface area contributed by atoms with Crippen LogP contribution in [0.15, 0.2) is 36.4 Å². The van der Waals surface area contributed by atoms with E-state index in [2.05, 4.69) is 5.32 Å². The van der Waals surface area contributed by atoms with Crippen LogP contribution >= 0.6 is 23.2 Å². The first-order chi connectivity index (χ1) is 12.8. The van der Waals surface area contributed by atoms with Crippen LogP contribution in [0.2, 0.25) is 10.0 Å². The number of nitrogens with one attached hydrogen (secondary N) is 1. The normalized spacial score (nSPS) is 13.3. The Hall–Kier alpha value is -2.41. The predicted octanol–water partition coefficient (Wildman–Crippen LogP) is 3.04. The highest BCUT2D eigenvalue weighted by Crippen LogP contribution is 2.31. The zero-order chi connectivity index (χ0) is 19.7. The molecular formula is C19H17Cl2N3O3. The summed E-state index contributed by atoms with van der Waals surface area (Å²) in [5.41, 5.74) is 2.04. The van der Waals surface area contributed by atoms with Gasteiger partial charge in [-0.15, -0.1) is 0 Å². The highest BCUT2D eigenvalue weighted by Gasteiger charge is 2.36. The van der Waals surface area contributed by atoms with Crippen LogP contribution in [0.3, 0.4) is 0 Å². The van der Waals surface area contributed by atoms with Crippen molar-refractivity contribution in [2.45, 2.75) is 6.54 Å². The summed E-state index contributed by atoms with van der Waals surface area (Å²) in [4.78, 5) is 39.7. The summed E-state index contributed by atoms with van der Waals surface area (Å²) in [5, 5.41) is 3.04. The van der Waals surface area contributed by atoms with Crippen molar-refractivity contribution >= 4 is 40.9 Å². The van der Waals surface area contributed by atoms with Crippen LogP contribution in [0.25, 0.3) is 0 Å². The number of nitrogens with zero attached hydrogens (tertiary/aromatic N) is 2. The molecule has 0 atom stereocenters. The van der Waals surface area contributed by atoms with Crippen molar-refractivity contribution < 1.29 is 14.4 Å². The molecule has 1 aliphatic heterocycles. The molecule has 27 heavy (non-hydrogen) atoms. The average molecular weight is 406 g/mol. The topological polar surface area (TPSA) is 69.7 Å². The van der Waals surface area contributed by atoms with Crippen molar-refractivity contribution in [3.63, 3.8) is 0 Å². The Balaban J connectivity index is 1.69. The van der Waals surface area contributed by atoms with Crippen LogP contribution in [0.4, 0.5) is 0 Å². The number of carbonyl (C=O) groups is 3. The Morgan fingerprint density at radius 3 is 2.04 bits per heavy atom. The number of halogens is 2. The zero-order valence-electron chi connectivity index (χ0n) is 14.8. The standard InChI is InChI=1S/C19H17Cl2N3O3/c1-22-17(25)12-5-3-11(4-6-12)9-23(2)10-24-18(26)13-7-15(20)16(21)8-14(13)19(24)27/h3-8H,9-10H2,1-2H3,(H,22,25). The third-order valence-corrected chi connectivity index (χ3v) is 5.01. The van der Waals surface area contributed by atoms with Crippen LogP contribution in [-0.4, -0.2) is 48.3 Å². The smallest absolute Gasteiger partial charge is 0.262 e. The van der Waals surface area contributed by atoms with Crippen molar-refractivity contribution in [3.8, 4) is 0 Å². The van der Waals surface area contributed by atoms with E-state index >= 15 is 0 Å². The first-order valence-electron chi connectivity index (χ1n) is 8.16. The van der Waals surface area contributed by atoms with Gasteiger partial charge in [-0.1, -0.05) is 35.3 Å². The van der Waals surface area contributed by atoms with Crippen LogP contribution < -0.4 is 5.32 Å². The number of amides is 3. The number of hydrogen-bond donors (Lipinski definition) is 1. The van der Waals surface area contributed by atoms with E-state index in [1.54, 1.807) is 26.2 Å². The molecule has 0 fully saturated rings. The van der Waals surface area contributed by atoms with Gasteiger partial charge in [-0.3, -0.25) is 24.2 Å². The van der Waals surface area contributed by atoms with E-state index in [9.17, 15) is 14.4 Å². The summed E-state index contributed by atoms with van der Waals surface area (Å²) in [6.07, 6.45) is 0. The molecule has 1 heterocycles. The molecule has 0 spiro atoms. The summed E-state index contributed by atoms with van der Waals surface area (Å²) in [6.45, 7) is 0.627. The minimum absolute atomic E-state index is 0.124. The molecule has 0 saturated carbocycles. The lowest BCUT2D eigenvalue weighted by Gasteiger charge is -2.23. The number of hydrogen-bond acceptors (Lipinski definition) is 4. The molecule has 0 saturated heterocycles. The second-order valence-corrected chi connectivity index (χ2v) is 7.10. The average Bonchev–Trinajstić information content (AvgIpc) is 2.86. The maximum Gasteiger partial charge on any atom is 0.262 e. The van der Waals surface area contributed by atoms with Gasteiger partial charge in [0.05, 0.1) is 27.8 Å². The fourth-order valence-corrected chi connectivity index (χ4v) is 3.25. The van der Waals surface area contributed by atoms with Gasteiger partial charge < -0.3 is 5.32 Å². The van der Waals surface area contributed by atoms with E-state index in [-0.39, 0.29) is 33.7 Å². The van der Waals surface area contributed by atoms with Crippen molar-refractivity contribution in [3.05, 3.63) is 68.7 Å². The Morgan fingerprint density at radius 2 is 1.56 bits per heavy atom. The highest BCUT2D eigenvalue weighted by molar-refractivity contribution is 6.43. The Morgan fingerprint density at radius 1 is 1.04 bits per heavy atom. The van der Waals surface area contributed by atoms with Gasteiger partial charge in [0.15, 0.2) is 0 Å². The molecule has 0 aliphatic carbocycles. The molecule has 0 bridgehead atoms. The third kappa shape index (κ3) is 3.83. The van der Waals surface area contributed by atoms with Crippen LogP contribution in [0.1, 0.15) is 36.6 Å². The fourth-order valence-electron chi connectivity index (χ4n) is 2.92. The van der Waals surface area contributed by atoms with E-state index < -0.39 is 11.8 Å². The van der Waals surface area contributed by atoms with Gasteiger partial charge in [0.1, 0.15) is 0 Å². The first kappa shape index (κ1) is 19.4. The minimum atomic E-state index is -0.393. The number of carbonyl (C=O) groups excluding carboxylic acids is 3. The molecule has 0 aromatic heterocycles. The second kappa shape index (κ2) is 7.68. The quantitative estimate of drug-likeness (QED) is 0.776. The van der Waals surface area contributed by atoms with Gasteiger partial charge >= 0.3 is 0 Å². The van der Waals surface area contributed by atoms with E-state index in [1.807, 2.05) is 17.0 Å². The largest absolute Gasteiger partial charge is 0.355 e.